The van der Waals surface area contributed by atoms with E-state index in [1.807, 2.05) is 0 Å². The van der Waals surface area contributed by atoms with Crippen molar-refractivity contribution in [1.82, 2.24) is 10.6 Å². The minimum Gasteiger partial charge on any atom is -0.496 e. The Morgan fingerprint density at radius 2 is 2.21 bits per heavy atom. The highest BCUT2D eigenvalue weighted by Gasteiger charge is 2.34. The fourth-order valence-corrected chi connectivity index (χ4v) is 3.79. The number of ether oxygens (including phenoxy) is 3. The molecule has 0 spiro atoms. The molecule has 158 valence electrons. The summed E-state index contributed by atoms with van der Waals surface area (Å²) in [5.41, 5.74) is 2.20. The number of aliphatic hydroxyl groups is 1. The molecule has 28 heavy (non-hydrogen) atoms. The van der Waals surface area contributed by atoms with Crippen LogP contribution in [0.4, 0.5) is 0 Å². The van der Waals surface area contributed by atoms with Crippen LogP contribution < -0.4 is 20.1 Å². The highest BCUT2D eigenvalue weighted by Crippen LogP contribution is 2.35. The van der Waals surface area contributed by atoms with Crippen LogP contribution in [-0.2, 0) is 17.7 Å². The topological polar surface area (TPSA) is 84.3 Å². The lowest BCUT2D eigenvalue weighted by molar-refractivity contribution is 0.127. The second-order valence-corrected chi connectivity index (χ2v) is 7.46. The SMILES string of the molecule is CN=C(NCc1cc2c(cc1OC)CC(C)O2)NCC1(CCO)CCOC1.I. The molecule has 0 bridgehead atoms. The minimum atomic E-state index is -0.0262. The summed E-state index contributed by atoms with van der Waals surface area (Å²) in [5.74, 6) is 2.51. The van der Waals surface area contributed by atoms with Crippen LogP contribution >= 0.6 is 24.0 Å². The van der Waals surface area contributed by atoms with E-state index in [1.165, 1.54) is 5.56 Å². The van der Waals surface area contributed by atoms with Gasteiger partial charge in [-0.15, -0.1) is 24.0 Å². The summed E-state index contributed by atoms with van der Waals surface area (Å²) in [6.07, 6.45) is 2.80. The highest BCUT2D eigenvalue weighted by molar-refractivity contribution is 14.0. The van der Waals surface area contributed by atoms with Gasteiger partial charge in [-0.2, -0.15) is 0 Å². The Labute approximate surface area is 184 Å². The number of guanidine groups is 1. The third-order valence-corrected chi connectivity index (χ3v) is 5.43. The second kappa shape index (κ2) is 10.5. The summed E-state index contributed by atoms with van der Waals surface area (Å²) in [7, 11) is 3.44. The molecule has 0 saturated carbocycles. The summed E-state index contributed by atoms with van der Waals surface area (Å²) < 4.78 is 17.0. The first-order chi connectivity index (χ1) is 13.1. The van der Waals surface area contributed by atoms with E-state index >= 15 is 0 Å². The molecule has 0 aliphatic carbocycles. The third kappa shape index (κ3) is 5.42. The normalized spacial score (nSPS) is 23.6. The van der Waals surface area contributed by atoms with E-state index in [2.05, 4.69) is 34.7 Å². The molecule has 3 rings (SSSR count). The zero-order valence-corrected chi connectivity index (χ0v) is 19.2. The third-order valence-electron chi connectivity index (χ3n) is 5.43. The van der Waals surface area contributed by atoms with Gasteiger partial charge in [0.15, 0.2) is 5.96 Å². The first-order valence-corrected chi connectivity index (χ1v) is 9.59. The number of aliphatic hydroxyl groups excluding tert-OH is 1. The maximum Gasteiger partial charge on any atom is 0.191 e. The molecule has 8 heteroatoms. The molecule has 2 atom stereocenters. The van der Waals surface area contributed by atoms with Gasteiger partial charge in [0.05, 0.1) is 13.7 Å². The molecular weight excluding hydrogens is 473 g/mol. The van der Waals surface area contributed by atoms with E-state index in [1.54, 1.807) is 14.2 Å². The van der Waals surface area contributed by atoms with Crippen molar-refractivity contribution in [2.24, 2.45) is 10.4 Å². The lowest BCUT2D eigenvalue weighted by Gasteiger charge is -2.27. The van der Waals surface area contributed by atoms with Crippen LogP contribution in [0.15, 0.2) is 17.1 Å². The van der Waals surface area contributed by atoms with Gasteiger partial charge in [-0.3, -0.25) is 4.99 Å². The predicted octanol–water partition coefficient (Wildman–Crippen LogP) is 2.09. The van der Waals surface area contributed by atoms with Crippen LogP contribution in [0.1, 0.15) is 30.9 Å². The Morgan fingerprint density at radius 3 is 2.86 bits per heavy atom. The van der Waals surface area contributed by atoms with Crippen LogP contribution in [0, 0.1) is 5.41 Å². The summed E-state index contributed by atoms with van der Waals surface area (Å²) in [6.45, 7) is 4.96. The summed E-state index contributed by atoms with van der Waals surface area (Å²) in [5, 5.41) is 16.1. The average Bonchev–Trinajstić information content (AvgIpc) is 3.27. The van der Waals surface area contributed by atoms with Gasteiger partial charge in [0.25, 0.3) is 0 Å². The van der Waals surface area contributed by atoms with E-state index in [0.29, 0.717) is 13.2 Å². The Morgan fingerprint density at radius 1 is 1.39 bits per heavy atom. The van der Waals surface area contributed by atoms with Gasteiger partial charge in [0, 0.05) is 56.3 Å². The van der Waals surface area contributed by atoms with Crippen molar-refractivity contribution in [3.05, 3.63) is 23.3 Å². The molecule has 0 aromatic heterocycles. The van der Waals surface area contributed by atoms with Gasteiger partial charge in [-0.05, 0) is 31.9 Å². The molecule has 7 nitrogen and oxygen atoms in total. The van der Waals surface area contributed by atoms with Crippen LogP contribution in [0.25, 0.3) is 0 Å². The van der Waals surface area contributed by atoms with Crippen molar-refractivity contribution in [1.29, 1.82) is 0 Å². The molecule has 2 aliphatic heterocycles. The fraction of sp³-hybridized carbons (Fsp3) is 0.650. The number of fused-ring (bicyclic) bond motifs is 1. The molecule has 0 amide bonds. The number of nitrogens with zero attached hydrogens (tertiary/aromatic N) is 1. The zero-order chi connectivity index (χ0) is 19.3. The Hall–Kier alpha value is -1.26. The van der Waals surface area contributed by atoms with Crippen molar-refractivity contribution < 1.29 is 19.3 Å². The Bertz CT molecular complexity index is 678. The predicted molar refractivity (Wildman–Crippen MR) is 120 cm³/mol. The Kier molecular flexibility index (Phi) is 8.63. The number of hydrogen-bond acceptors (Lipinski definition) is 5. The fourth-order valence-electron chi connectivity index (χ4n) is 3.79. The van der Waals surface area contributed by atoms with Gasteiger partial charge in [0.1, 0.15) is 17.6 Å². The average molecular weight is 505 g/mol. The van der Waals surface area contributed by atoms with Crippen molar-refractivity contribution in [3.63, 3.8) is 0 Å². The van der Waals surface area contributed by atoms with Crippen LogP contribution in [0.5, 0.6) is 11.5 Å². The van der Waals surface area contributed by atoms with Gasteiger partial charge >= 0.3 is 0 Å². The molecule has 1 aromatic rings. The molecular formula is C20H32IN3O4. The lowest BCUT2D eigenvalue weighted by Crippen LogP contribution is -2.44. The first kappa shape index (κ1) is 23.0. The van der Waals surface area contributed by atoms with Crippen molar-refractivity contribution in [2.75, 3.05) is 40.5 Å². The summed E-state index contributed by atoms with van der Waals surface area (Å²) in [4.78, 5) is 4.31. The highest BCUT2D eigenvalue weighted by atomic mass is 127. The van der Waals surface area contributed by atoms with E-state index in [-0.39, 0.29) is 42.1 Å². The molecule has 1 fully saturated rings. The summed E-state index contributed by atoms with van der Waals surface area (Å²) >= 11 is 0. The monoisotopic (exact) mass is 505 g/mol. The first-order valence-electron chi connectivity index (χ1n) is 9.59. The largest absolute Gasteiger partial charge is 0.496 e. The zero-order valence-electron chi connectivity index (χ0n) is 16.9. The van der Waals surface area contributed by atoms with Crippen molar-refractivity contribution in [3.8, 4) is 11.5 Å². The number of aliphatic imine (C=N–C) groups is 1. The number of rotatable bonds is 7. The van der Waals surface area contributed by atoms with Gasteiger partial charge in [-0.1, -0.05) is 0 Å². The molecule has 1 saturated heterocycles. The Balaban J connectivity index is 0.00000280. The molecule has 2 unspecified atom stereocenters. The molecule has 2 heterocycles. The number of methoxy groups -OCH3 is 1. The van der Waals surface area contributed by atoms with E-state index in [4.69, 9.17) is 14.2 Å². The quantitative estimate of drug-likeness (QED) is 0.299. The van der Waals surface area contributed by atoms with E-state index in [9.17, 15) is 5.11 Å². The summed E-state index contributed by atoms with van der Waals surface area (Å²) in [6, 6.07) is 4.12. The van der Waals surface area contributed by atoms with Crippen molar-refractivity contribution >= 4 is 29.9 Å². The van der Waals surface area contributed by atoms with E-state index < -0.39 is 0 Å². The molecule has 3 N–H and O–H groups in total. The van der Waals surface area contributed by atoms with Gasteiger partial charge in [-0.25, -0.2) is 0 Å². The number of hydrogen-bond donors (Lipinski definition) is 3. The van der Waals surface area contributed by atoms with Gasteiger partial charge in [0.2, 0.25) is 0 Å². The lowest BCUT2D eigenvalue weighted by atomic mass is 9.84. The van der Waals surface area contributed by atoms with Gasteiger partial charge < -0.3 is 30.0 Å². The molecule has 1 aromatic carbocycles. The van der Waals surface area contributed by atoms with Crippen LogP contribution in [0.2, 0.25) is 0 Å². The van der Waals surface area contributed by atoms with Crippen LogP contribution in [0.3, 0.4) is 0 Å². The number of benzene rings is 1. The van der Waals surface area contributed by atoms with E-state index in [0.717, 1.165) is 55.4 Å². The van der Waals surface area contributed by atoms with Crippen molar-refractivity contribution in [2.45, 2.75) is 38.8 Å². The molecule has 2 aliphatic rings. The van der Waals surface area contributed by atoms with Crippen LogP contribution in [-0.4, -0.2) is 57.7 Å². The maximum atomic E-state index is 9.36. The second-order valence-electron chi connectivity index (χ2n) is 7.46. The minimum absolute atomic E-state index is 0. The standard InChI is InChI=1S/C20H31N3O4.HI/c1-14-8-15-9-17(25-3)16(10-18(15)27-14)11-22-19(21-2)23-12-20(4-6-24)5-7-26-13-20;/h9-10,14,24H,4-8,11-13H2,1-3H3,(H2,21,22,23);1H. The number of nitrogens with one attached hydrogen (secondary N) is 2. The number of halogens is 1. The maximum absolute atomic E-state index is 9.36. The molecule has 0 radical (unpaired) electrons. The smallest absolute Gasteiger partial charge is 0.191 e.